The van der Waals surface area contributed by atoms with Crippen LogP contribution in [0.4, 0.5) is 0 Å². The van der Waals surface area contributed by atoms with Crippen LogP contribution in [0, 0.1) is 0 Å². The lowest BCUT2D eigenvalue weighted by Gasteiger charge is -2.05. The quantitative estimate of drug-likeness (QED) is 0.130. The van der Waals surface area contributed by atoms with Crippen LogP contribution < -0.4 is 10.2 Å². The topological polar surface area (TPSA) is 67.8 Å². The van der Waals surface area contributed by atoms with Crippen molar-refractivity contribution in [2.75, 3.05) is 0 Å². The second-order valence-corrected chi connectivity index (χ2v) is 8.05. The zero-order chi connectivity index (χ0) is 21.6. The molecular weight excluding hydrogens is 444 g/mol. The lowest BCUT2D eigenvalue weighted by Crippen LogP contribution is -2.16. The standard InChI is InChI=1S/C24H29BrN2O3/c1-2-3-4-5-6-7-8-9-23(28)27-26-18-19-10-16-22(17-11-19)30-24(29)20-12-14-21(25)15-13-20/h10-18H,2-9H2,1H3,(H,27,28)/b26-18-. The number of halogens is 1. The van der Waals surface area contributed by atoms with Crippen LogP contribution in [-0.2, 0) is 4.79 Å². The highest BCUT2D eigenvalue weighted by molar-refractivity contribution is 9.10. The molecule has 1 amide bonds. The molecule has 0 aliphatic heterocycles. The molecule has 0 aromatic heterocycles. The van der Waals surface area contributed by atoms with Gasteiger partial charge in [-0.15, -0.1) is 0 Å². The van der Waals surface area contributed by atoms with Gasteiger partial charge in [0.2, 0.25) is 5.91 Å². The summed E-state index contributed by atoms with van der Waals surface area (Å²) in [6.45, 7) is 2.21. The van der Waals surface area contributed by atoms with Crippen molar-refractivity contribution in [1.29, 1.82) is 0 Å². The van der Waals surface area contributed by atoms with E-state index in [2.05, 4.69) is 33.4 Å². The maximum Gasteiger partial charge on any atom is 0.343 e. The maximum absolute atomic E-state index is 12.1. The van der Waals surface area contributed by atoms with Gasteiger partial charge in [0.05, 0.1) is 11.8 Å². The Kier molecular flexibility index (Phi) is 10.9. The van der Waals surface area contributed by atoms with Crippen LogP contribution in [0.25, 0.3) is 0 Å². The molecule has 6 heteroatoms. The highest BCUT2D eigenvalue weighted by Crippen LogP contribution is 2.15. The molecule has 0 bridgehead atoms. The summed E-state index contributed by atoms with van der Waals surface area (Å²) in [5, 5.41) is 3.99. The van der Waals surface area contributed by atoms with Crippen molar-refractivity contribution in [2.45, 2.75) is 58.3 Å². The van der Waals surface area contributed by atoms with Gasteiger partial charge in [0.15, 0.2) is 0 Å². The van der Waals surface area contributed by atoms with Crippen molar-refractivity contribution in [3.05, 3.63) is 64.1 Å². The molecule has 0 atom stereocenters. The number of benzene rings is 2. The number of rotatable bonds is 12. The SMILES string of the molecule is CCCCCCCCCC(=O)N/N=C\c1ccc(OC(=O)c2ccc(Br)cc2)cc1. The number of hydrogen-bond acceptors (Lipinski definition) is 4. The van der Waals surface area contributed by atoms with Crippen molar-refractivity contribution >= 4 is 34.0 Å². The molecule has 0 saturated carbocycles. The van der Waals surface area contributed by atoms with Crippen LogP contribution in [0.2, 0.25) is 0 Å². The normalized spacial score (nSPS) is 10.9. The zero-order valence-electron chi connectivity index (χ0n) is 17.4. The van der Waals surface area contributed by atoms with Gasteiger partial charge in [-0.1, -0.05) is 61.4 Å². The summed E-state index contributed by atoms with van der Waals surface area (Å²) in [6, 6.07) is 13.9. The molecule has 0 heterocycles. The van der Waals surface area contributed by atoms with E-state index in [1.807, 2.05) is 0 Å². The highest BCUT2D eigenvalue weighted by Gasteiger charge is 2.08. The lowest BCUT2D eigenvalue weighted by molar-refractivity contribution is -0.121. The van der Waals surface area contributed by atoms with Crippen LogP contribution in [0.1, 0.15) is 74.2 Å². The molecule has 0 aliphatic carbocycles. The fourth-order valence-electron chi connectivity index (χ4n) is 2.85. The van der Waals surface area contributed by atoms with E-state index in [0.717, 1.165) is 22.9 Å². The first-order valence-corrected chi connectivity index (χ1v) is 11.3. The van der Waals surface area contributed by atoms with Gasteiger partial charge in [0.1, 0.15) is 5.75 Å². The molecule has 2 rings (SSSR count). The summed E-state index contributed by atoms with van der Waals surface area (Å²) >= 11 is 3.33. The number of amides is 1. The van der Waals surface area contributed by atoms with E-state index in [0.29, 0.717) is 17.7 Å². The molecule has 1 N–H and O–H groups in total. The van der Waals surface area contributed by atoms with E-state index in [1.165, 1.54) is 32.1 Å². The molecule has 0 spiro atoms. The number of nitrogens with one attached hydrogen (secondary N) is 1. The van der Waals surface area contributed by atoms with Crippen molar-refractivity contribution in [1.82, 2.24) is 5.43 Å². The first-order chi connectivity index (χ1) is 14.6. The largest absolute Gasteiger partial charge is 0.423 e. The van der Waals surface area contributed by atoms with Crippen LogP contribution in [0.3, 0.4) is 0 Å². The third-order valence-corrected chi connectivity index (χ3v) is 5.11. The number of carbonyl (C=O) groups is 2. The number of esters is 1. The molecule has 30 heavy (non-hydrogen) atoms. The number of hydrogen-bond donors (Lipinski definition) is 1. The molecule has 2 aromatic carbocycles. The van der Waals surface area contributed by atoms with Crippen LogP contribution in [0.5, 0.6) is 5.75 Å². The lowest BCUT2D eigenvalue weighted by atomic mass is 10.1. The molecule has 0 aliphatic rings. The summed E-state index contributed by atoms with van der Waals surface area (Å²) in [7, 11) is 0. The summed E-state index contributed by atoms with van der Waals surface area (Å²) < 4.78 is 6.26. The summed E-state index contributed by atoms with van der Waals surface area (Å²) in [5.41, 5.74) is 3.84. The zero-order valence-corrected chi connectivity index (χ0v) is 19.0. The second kappa shape index (κ2) is 13.7. The Bertz CT molecular complexity index is 817. The predicted molar refractivity (Wildman–Crippen MR) is 124 cm³/mol. The fourth-order valence-corrected chi connectivity index (χ4v) is 3.12. The minimum Gasteiger partial charge on any atom is -0.423 e. The Morgan fingerprint density at radius 3 is 2.23 bits per heavy atom. The fraction of sp³-hybridized carbons (Fsp3) is 0.375. The van der Waals surface area contributed by atoms with E-state index in [1.54, 1.807) is 54.7 Å². The molecular formula is C24H29BrN2O3. The molecule has 0 unspecified atom stereocenters. The summed E-state index contributed by atoms with van der Waals surface area (Å²) in [5.74, 6) is -0.0376. The minimum absolute atomic E-state index is 0.0696. The number of carbonyl (C=O) groups excluding carboxylic acids is 2. The molecule has 0 saturated heterocycles. The van der Waals surface area contributed by atoms with Gasteiger partial charge < -0.3 is 4.74 Å². The van der Waals surface area contributed by atoms with Crippen LogP contribution >= 0.6 is 15.9 Å². The van der Waals surface area contributed by atoms with Gasteiger partial charge in [-0.25, -0.2) is 10.2 Å². The molecule has 2 aromatic rings. The molecule has 0 radical (unpaired) electrons. The smallest absolute Gasteiger partial charge is 0.343 e. The molecule has 5 nitrogen and oxygen atoms in total. The van der Waals surface area contributed by atoms with Gasteiger partial charge in [-0.2, -0.15) is 5.10 Å². The third kappa shape index (κ3) is 9.35. The minimum atomic E-state index is -0.415. The first kappa shape index (κ1) is 23.8. The van der Waals surface area contributed by atoms with E-state index in [4.69, 9.17) is 4.74 Å². The van der Waals surface area contributed by atoms with Crippen molar-refractivity contribution in [2.24, 2.45) is 5.10 Å². The Morgan fingerprint density at radius 1 is 0.933 bits per heavy atom. The number of nitrogens with zero attached hydrogens (tertiary/aromatic N) is 1. The summed E-state index contributed by atoms with van der Waals surface area (Å²) in [4.78, 5) is 23.9. The number of hydrazone groups is 1. The predicted octanol–water partition coefficient (Wildman–Crippen LogP) is 6.26. The van der Waals surface area contributed by atoms with Crippen LogP contribution in [0.15, 0.2) is 58.1 Å². The van der Waals surface area contributed by atoms with Gasteiger partial charge in [0, 0.05) is 10.9 Å². The van der Waals surface area contributed by atoms with Gasteiger partial charge >= 0.3 is 5.97 Å². The highest BCUT2D eigenvalue weighted by atomic mass is 79.9. The molecule has 160 valence electrons. The van der Waals surface area contributed by atoms with E-state index in [-0.39, 0.29) is 5.91 Å². The Labute approximate surface area is 187 Å². The summed E-state index contributed by atoms with van der Waals surface area (Å²) in [6.07, 6.45) is 10.3. The average molecular weight is 473 g/mol. The Morgan fingerprint density at radius 2 is 1.57 bits per heavy atom. The molecule has 0 fully saturated rings. The second-order valence-electron chi connectivity index (χ2n) is 7.13. The van der Waals surface area contributed by atoms with Crippen molar-refractivity contribution in [3.63, 3.8) is 0 Å². The van der Waals surface area contributed by atoms with Gasteiger partial charge in [0.25, 0.3) is 0 Å². The van der Waals surface area contributed by atoms with Crippen molar-refractivity contribution in [3.8, 4) is 5.75 Å². The average Bonchev–Trinajstić information content (AvgIpc) is 2.75. The third-order valence-electron chi connectivity index (χ3n) is 4.58. The van der Waals surface area contributed by atoms with E-state index >= 15 is 0 Å². The van der Waals surface area contributed by atoms with Crippen LogP contribution in [-0.4, -0.2) is 18.1 Å². The van der Waals surface area contributed by atoms with E-state index < -0.39 is 5.97 Å². The maximum atomic E-state index is 12.1. The van der Waals surface area contributed by atoms with Crippen molar-refractivity contribution < 1.29 is 14.3 Å². The Hall–Kier alpha value is -2.47. The first-order valence-electron chi connectivity index (χ1n) is 10.5. The van der Waals surface area contributed by atoms with Gasteiger partial charge in [-0.05, 0) is 60.5 Å². The monoisotopic (exact) mass is 472 g/mol. The Balaban J connectivity index is 1.68. The number of ether oxygens (including phenoxy) is 1. The van der Waals surface area contributed by atoms with Gasteiger partial charge in [-0.3, -0.25) is 4.79 Å². The number of unbranched alkanes of at least 4 members (excludes halogenated alkanes) is 6. The van der Waals surface area contributed by atoms with E-state index in [9.17, 15) is 9.59 Å².